The lowest BCUT2D eigenvalue weighted by atomic mass is 9.99. The first-order valence-corrected chi connectivity index (χ1v) is 7.31. The molecule has 1 aliphatic heterocycles. The molecule has 4 heteroatoms. The average molecular weight is 280 g/mol. The summed E-state index contributed by atoms with van der Waals surface area (Å²) in [5.41, 5.74) is 0.738. The zero-order valence-electron chi connectivity index (χ0n) is 12.8. The summed E-state index contributed by atoms with van der Waals surface area (Å²) < 4.78 is 19.1. The van der Waals surface area contributed by atoms with Crippen molar-refractivity contribution in [3.8, 4) is 5.75 Å². The minimum Gasteiger partial charge on any atom is -0.497 e. The van der Waals surface area contributed by atoms with Crippen molar-refractivity contribution in [2.75, 3.05) is 20.2 Å². The first-order valence-electron chi connectivity index (χ1n) is 7.31. The Morgan fingerprint density at radius 1 is 1.45 bits per heavy atom. The standard InChI is InChI=1S/C16H25FN2O/c1-11(2)16-10-19(12(3)8-18-16)9-13-5-6-14(20-4)7-15(13)17/h5-7,11-12,16,18H,8-10H2,1-4H3. The molecular formula is C16H25FN2O. The number of nitrogens with zero attached hydrogens (tertiary/aromatic N) is 1. The molecule has 0 aromatic heterocycles. The molecule has 20 heavy (non-hydrogen) atoms. The highest BCUT2D eigenvalue weighted by Gasteiger charge is 2.27. The van der Waals surface area contributed by atoms with E-state index >= 15 is 0 Å². The van der Waals surface area contributed by atoms with Crippen molar-refractivity contribution in [2.24, 2.45) is 5.92 Å². The van der Waals surface area contributed by atoms with Crippen LogP contribution in [-0.2, 0) is 6.54 Å². The van der Waals surface area contributed by atoms with E-state index in [9.17, 15) is 4.39 Å². The Kier molecular flexibility index (Phi) is 5.00. The fourth-order valence-corrected chi connectivity index (χ4v) is 2.62. The SMILES string of the molecule is COc1ccc(CN2CC(C(C)C)NCC2C)c(F)c1. The van der Waals surface area contributed by atoms with Crippen LogP contribution < -0.4 is 10.1 Å². The Labute approximate surface area is 121 Å². The zero-order chi connectivity index (χ0) is 14.7. The van der Waals surface area contributed by atoms with Crippen molar-refractivity contribution >= 4 is 0 Å². The van der Waals surface area contributed by atoms with Gasteiger partial charge in [0, 0.05) is 43.3 Å². The third kappa shape index (κ3) is 3.49. The maximum atomic E-state index is 14.1. The maximum Gasteiger partial charge on any atom is 0.131 e. The van der Waals surface area contributed by atoms with Gasteiger partial charge in [0.05, 0.1) is 7.11 Å². The van der Waals surface area contributed by atoms with Crippen molar-refractivity contribution in [1.82, 2.24) is 10.2 Å². The quantitative estimate of drug-likeness (QED) is 0.917. The van der Waals surface area contributed by atoms with Crippen LogP contribution in [0.2, 0.25) is 0 Å². The summed E-state index contributed by atoms with van der Waals surface area (Å²) in [6.45, 7) is 9.21. The average Bonchev–Trinajstić information content (AvgIpc) is 2.42. The van der Waals surface area contributed by atoms with E-state index in [-0.39, 0.29) is 5.82 Å². The van der Waals surface area contributed by atoms with Gasteiger partial charge in [0.1, 0.15) is 11.6 Å². The Morgan fingerprint density at radius 3 is 2.80 bits per heavy atom. The molecule has 1 N–H and O–H groups in total. The Morgan fingerprint density at radius 2 is 2.20 bits per heavy atom. The molecule has 0 saturated carbocycles. The smallest absolute Gasteiger partial charge is 0.131 e. The lowest BCUT2D eigenvalue weighted by Gasteiger charge is -2.40. The second-order valence-corrected chi connectivity index (χ2v) is 5.99. The minimum atomic E-state index is -0.184. The zero-order valence-corrected chi connectivity index (χ0v) is 12.8. The molecule has 3 nitrogen and oxygen atoms in total. The number of rotatable bonds is 4. The van der Waals surface area contributed by atoms with Crippen molar-refractivity contribution < 1.29 is 9.13 Å². The largest absolute Gasteiger partial charge is 0.497 e. The van der Waals surface area contributed by atoms with Gasteiger partial charge in [0.25, 0.3) is 0 Å². The highest BCUT2D eigenvalue weighted by molar-refractivity contribution is 5.29. The van der Waals surface area contributed by atoms with Gasteiger partial charge in [-0.25, -0.2) is 4.39 Å². The predicted molar refractivity (Wildman–Crippen MR) is 79.5 cm³/mol. The fraction of sp³-hybridized carbons (Fsp3) is 0.625. The predicted octanol–water partition coefficient (Wildman–Crippen LogP) is 2.65. The van der Waals surface area contributed by atoms with E-state index < -0.39 is 0 Å². The lowest BCUT2D eigenvalue weighted by Crippen LogP contribution is -2.56. The molecule has 1 fully saturated rings. The molecule has 0 radical (unpaired) electrons. The van der Waals surface area contributed by atoms with Gasteiger partial charge >= 0.3 is 0 Å². The van der Waals surface area contributed by atoms with Gasteiger partial charge in [0.2, 0.25) is 0 Å². The van der Waals surface area contributed by atoms with Crippen LogP contribution in [0.3, 0.4) is 0 Å². The monoisotopic (exact) mass is 280 g/mol. The number of methoxy groups -OCH3 is 1. The molecule has 1 aliphatic rings. The van der Waals surface area contributed by atoms with Gasteiger partial charge in [-0.1, -0.05) is 19.9 Å². The van der Waals surface area contributed by atoms with Crippen molar-refractivity contribution in [2.45, 2.75) is 39.4 Å². The van der Waals surface area contributed by atoms with Gasteiger partial charge in [-0.05, 0) is 18.9 Å². The topological polar surface area (TPSA) is 24.5 Å². The van der Waals surface area contributed by atoms with Crippen LogP contribution in [0.1, 0.15) is 26.3 Å². The van der Waals surface area contributed by atoms with E-state index in [2.05, 4.69) is 31.0 Å². The summed E-state index contributed by atoms with van der Waals surface area (Å²) in [6, 6.07) is 6.01. The number of hydrogen-bond donors (Lipinski definition) is 1. The molecule has 0 amide bonds. The van der Waals surface area contributed by atoms with E-state index in [4.69, 9.17) is 4.74 Å². The molecule has 2 rings (SSSR count). The molecule has 0 aliphatic carbocycles. The van der Waals surface area contributed by atoms with E-state index in [1.165, 1.54) is 6.07 Å². The maximum absolute atomic E-state index is 14.1. The number of benzene rings is 1. The molecular weight excluding hydrogens is 255 g/mol. The first kappa shape index (κ1) is 15.3. The van der Waals surface area contributed by atoms with Crippen LogP contribution in [0, 0.1) is 11.7 Å². The van der Waals surface area contributed by atoms with Crippen LogP contribution in [0.4, 0.5) is 4.39 Å². The van der Waals surface area contributed by atoms with Crippen molar-refractivity contribution in [3.63, 3.8) is 0 Å². The summed E-state index contributed by atoms with van der Waals surface area (Å²) in [7, 11) is 1.56. The number of halogens is 1. The minimum absolute atomic E-state index is 0.184. The van der Waals surface area contributed by atoms with Gasteiger partial charge in [-0.2, -0.15) is 0 Å². The van der Waals surface area contributed by atoms with Crippen LogP contribution in [0.15, 0.2) is 18.2 Å². The Balaban J connectivity index is 2.07. The van der Waals surface area contributed by atoms with Gasteiger partial charge in [-0.15, -0.1) is 0 Å². The normalized spacial score (nSPS) is 24.1. The summed E-state index contributed by atoms with van der Waals surface area (Å²) in [5, 5.41) is 3.56. The second kappa shape index (κ2) is 6.55. The van der Waals surface area contributed by atoms with Gasteiger partial charge in [0.15, 0.2) is 0 Å². The molecule has 1 aromatic carbocycles. The third-order valence-corrected chi connectivity index (χ3v) is 4.17. The van der Waals surface area contributed by atoms with Gasteiger partial charge in [-0.3, -0.25) is 4.90 Å². The summed E-state index contributed by atoms with van der Waals surface area (Å²) in [4.78, 5) is 2.35. The highest BCUT2D eigenvalue weighted by Crippen LogP contribution is 2.20. The van der Waals surface area contributed by atoms with Crippen molar-refractivity contribution in [1.29, 1.82) is 0 Å². The van der Waals surface area contributed by atoms with Crippen LogP contribution in [0.25, 0.3) is 0 Å². The van der Waals surface area contributed by atoms with Crippen LogP contribution in [-0.4, -0.2) is 37.2 Å². The van der Waals surface area contributed by atoms with E-state index in [0.717, 1.165) is 18.7 Å². The third-order valence-electron chi connectivity index (χ3n) is 4.17. The molecule has 112 valence electrons. The van der Waals surface area contributed by atoms with Gasteiger partial charge < -0.3 is 10.1 Å². The number of nitrogens with one attached hydrogen (secondary N) is 1. The Hall–Kier alpha value is -1.13. The van der Waals surface area contributed by atoms with Crippen LogP contribution >= 0.6 is 0 Å². The number of piperazine rings is 1. The van der Waals surface area contributed by atoms with Crippen LogP contribution in [0.5, 0.6) is 5.75 Å². The number of ether oxygens (including phenoxy) is 1. The van der Waals surface area contributed by atoms with Crippen molar-refractivity contribution in [3.05, 3.63) is 29.6 Å². The lowest BCUT2D eigenvalue weighted by molar-refractivity contribution is 0.115. The molecule has 2 unspecified atom stereocenters. The molecule has 0 spiro atoms. The highest BCUT2D eigenvalue weighted by atomic mass is 19.1. The number of hydrogen-bond acceptors (Lipinski definition) is 3. The second-order valence-electron chi connectivity index (χ2n) is 5.99. The fourth-order valence-electron chi connectivity index (χ4n) is 2.62. The summed E-state index contributed by atoms with van der Waals surface area (Å²) in [5.74, 6) is 0.974. The first-order chi connectivity index (χ1) is 9.51. The summed E-state index contributed by atoms with van der Waals surface area (Å²) in [6.07, 6.45) is 0. The molecule has 1 aromatic rings. The van der Waals surface area contributed by atoms with E-state index in [1.54, 1.807) is 7.11 Å². The molecule has 0 bridgehead atoms. The van der Waals surface area contributed by atoms with E-state index in [1.807, 2.05) is 12.1 Å². The molecule has 2 atom stereocenters. The summed E-state index contributed by atoms with van der Waals surface area (Å²) >= 11 is 0. The molecule has 1 heterocycles. The Bertz CT molecular complexity index is 450. The van der Waals surface area contributed by atoms with E-state index in [0.29, 0.717) is 30.3 Å². The molecule has 1 saturated heterocycles.